The molecular weight excluding hydrogens is 619 g/mol. The predicted molar refractivity (Wildman–Crippen MR) is 145 cm³/mol. The summed E-state index contributed by atoms with van der Waals surface area (Å²) in [5, 5.41) is 19.9. The van der Waals surface area contributed by atoms with Crippen LogP contribution in [0.2, 0.25) is 0 Å². The zero-order valence-electron chi connectivity index (χ0n) is 23.2. The van der Waals surface area contributed by atoms with Gasteiger partial charge in [0.05, 0.1) is 18.1 Å². The Balaban J connectivity index is 0.000000557. The molecule has 12 nitrogen and oxygen atoms in total. The number of aromatic nitrogens is 1. The number of hydrogen-bond donors (Lipinski definition) is 2. The van der Waals surface area contributed by atoms with Crippen molar-refractivity contribution in [1.29, 1.82) is 0 Å². The number of alkyl halides is 3. The highest BCUT2D eigenvalue weighted by Gasteiger charge is 2.60. The molecule has 3 aliphatic heterocycles. The van der Waals surface area contributed by atoms with E-state index in [2.05, 4.69) is 11.1 Å². The van der Waals surface area contributed by atoms with Gasteiger partial charge in [-0.1, -0.05) is 25.6 Å². The van der Waals surface area contributed by atoms with Crippen LogP contribution in [0.5, 0.6) is 0 Å². The Morgan fingerprint density at radius 1 is 1.30 bits per heavy atom. The monoisotopic (exact) mass is 651 g/mol. The summed E-state index contributed by atoms with van der Waals surface area (Å²) in [6.45, 7) is 8.35. The molecule has 1 aromatic rings. The Morgan fingerprint density at radius 2 is 1.91 bits per heavy atom. The van der Waals surface area contributed by atoms with Gasteiger partial charge in [-0.15, -0.1) is 11.8 Å². The van der Waals surface area contributed by atoms with E-state index in [0.29, 0.717) is 17.9 Å². The number of ether oxygens (including phenoxy) is 1. The van der Waals surface area contributed by atoms with Crippen molar-refractivity contribution in [2.75, 3.05) is 13.2 Å². The van der Waals surface area contributed by atoms with Gasteiger partial charge in [0, 0.05) is 47.2 Å². The number of aryl methyl sites for hydroxylation is 1. The van der Waals surface area contributed by atoms with E-state index in [-0.39, 0.29) is 41.5 Å². The minimum atomic E-state index is -6.09. The number of carbonyl (C=O) groups is 3. The van der Waals surface area contributed by atoms with E-state index in [1.54, 1.807) is 11.8 Å². The molecule has 43 heavy (non-hydrogen) atoms. The molecule has 17 heteroatoms. The SMILES string of the molecule is C=CCOC(=O)N1C[C@@H](SC2=C(C(=O)O)N3C(=O)[C@H]([C@@H](C)O)[C@H]3[C@H]2C)C[C@H]1CC[n+]1ccccc1.O=S(=O)([O-])C(F)(F)F. The molecule has 0 aliphatic carbocycles. The molecule has 0 bridgehead atoms. The topological polar surface area (TPSA) is 168 Å². The lowest BCUT2D eigenvalue weighted by Gasteiger charge is -2.46. The Kier molecular flexibility index (Phi) is 10.9. The third-order valence-electron chi connectivity index (χ3n) is 7.32. The van der Waals surface area contributed by atoms with Crippen molar-refractivity contribution in [3.05, 3.63) is 53.8 Å². The zero-order chi connectivity index (χ0) is 32.3. The van der Waals surface area contributed by atoms with Crippen molar-refractivity contribution >= 4 is 39.8 Å². The number of hydrogen-bond acceptors (Lipinski definition) is 9. The van der Waals surface area contributed by atoms with E-state index < -0.39 is 39.7 Å². The third kappa shape index (κ3) is 7.69. The number of carboxylic acid groups (broad SMARTS) is 1. The molecule has 0 radical (unpaired) electrons. The second-order valence-electron chi connectivity index (χ2n) is 10.2. The van der Waals surface area contributed by atoms with Crippen LogP contribution in [0.25, 0.3) is 0 Å². The van der Waals surface area contributed by atoms with E-state index in [9.17, 15) is 37.8 Å². The minimum Gasteiger partial charge on any atom is -0.741 e. The van der Waals surface area contributed by atoms with Crippen molar-refractivity contribution in [2.24, 2.45) is 11.8 Å². The molecule has 3 aliphatic rings. The molecule has 2 saturated heterocycles. The Labute approximate surface area is 250 Å². The maximum Gasteiger partial charge on any atom is 0.485 e. The summed E-state index contributed by atoms with van der Waals surface area (Å²) in [4.78, 5) is 41.2. The number of β-lactam (4-membered cyclic amide) rings is 1. The lowest BCUT2D eigenvalue weighted by Crippen LogP contribution is -2.63. The molecular formula is C26H32F3N3O9S2. The van der Waals surface area contributed by atoms with Crippen LogP contribution in [0.3, 0.4) is 0 Å². The number of pyridine rings is 1. The van der Waals surface area contributed by atoms with Crippen LogP contribution in [-0.4, -0.2) is 93.1 Å². The van der Waals surface area contributed by atoms with Crippen LogP contribution in [0, 0.1) is 11.8 Å². The number of rotatable bonds is 9. The molecule has 238 valence electrons. The van der Waals surface area contributed by atoms with Gasteiger partial charge in [0.15, 0.2) is 22.5 Å². The van der Waals surface area contributed by atoms with Crippen molar-refractivity contribution in [2.45, 2.75) is 62.2 Å². The molecule has 0 aromatic carbocycles. The highest BCUT2D eigenvalue weighted by atomic mass is 32.2. The van der Waals surface area contributed by atoms with E-state index in [1.165, 1.54) is 22.7 Å². The average molecular weight is 652 g/mol. The minimum absolute atomic E-state index is 0.0125. The first kappa shape index (κ1) is 34.3. The van der Waals surface area contributed by atoms with Crippen LogP contribution >= 0.6 is 11.8 Å². The Bertz CT molecular complexity index is 1360. The zero-order valence-corrected chi connectivity index (χ0v) is 24.8. The number of likely N-dealkylation sites (tertiary alicyclic amines) is 1. The number of thioether (sulfide) groups is 1. The second kappa shape index (κ2) is 13.7. The van der Waals surface area contributed by atoms with Gasteiger partial charge in [-0.2, -0.15) is 13.2 Å². The van der Waals surface area contributed by atoms with Crippen molar-refractivity contribution < 1.29 is 60.0 Å². The van der Waals surface area contributed by atoms with Gasteiger partial charge >= 0.3 is 17.6 Å². The van der Waals surface area contributed by atoms with Crippen LogP contribution in [0.1, 0.15) is 26.7 Å². The lowest BCUT2D eigenvalue weighted by molar-refractivity contribution is -0.697. The summed E-state index contributed by atoms with van der Waals surface area (Å²) < 4.78 is 66.3. The molecule has 2 N–H and O–H groups in total. The fraction of sp³-hybridized carbons (Fsp3) is 0.538. The number of aliphatic hydroxyl groups excluding tert-OH is 1. The number of carbonyl (C=O) groups excluding carboxylic acids is 2. The van der Waals surface area contributed by atoms with Crippen molar-refractivity contribution in [1.82, 2.24) is 9.80 Å². The molecule has 0 unspecified atom stereocenters. The predicted octanol–water partition coefficient (Wildman–Crippen LogP) is 2.07. The van der Waals surface area contributed by atoms with Crippen LogP contribution in [0.15, 0.2) is 53.8 Å². The van der Waals surface area contributed by atoms with Gasteiger partial charge in [-0.05, 0) is 13.3 Å². The van der Waals surface area contributed by atoms with Crippen LogP contribution in [0.4, 0.5) is 18.0 Å². The Hall–Kier alpha value is -3.15. The van der Waals surface area contributed by atoms with Gasteiger partial charge in [0.25, 0.3) is 0 Å². The fourth-order valence-electron chi connectivity index (χ4n) is 5.41. The first-order valence-corrected chi connectivity index (χ1v) is 15.4. The van der Waals surface area contributed by atoms with Gasteiger partial charge < -0.3 is 29.3 Å². The van der Waals surface area contributed by atoms with Crippen LogP contribution in [-0.2, 0) is 31.0 Å². The quantitative estimate of drug-likeness (QED) is 0.133. The molecule has 0 spiro atoms. The first-order chi connectivity index (χ1) is 20.0. The normalized spacial score (nSPS) is 25.8. The summed E-state index contributed by atoms with van der Waals surface area (Å²) in [5.74, 6) is -2.29. The van der Waals surface area contributed by atoms with Crippen molar-refractivity contribution in [3.8, 4) is 0 Å². The number of nitrogens with zero attached hydrogens (tertiary/aromatic N) is 3. The van der Waals surface area contributed by atoms with Crippen LogP contribution < -0.4 is 4.57 Å². The Morgan fingerprint density at radius 3 is 2.42 bits per heavy atom. The number of aliphatic hydroxyl groups is 1. The highest BCUT2D eigenvalue weighted by molar-refractivity contribution is 8.03. The van der Waals surface area contributed by atoms with E-state index in [1.807, 2.05) is 37.5 Å². The maximum atomic E-state index is 12.8. The van der Waals surface area contributed by atoms with Crippen molar-refractivity contribution in [3.63, 3.8) is 0 Å². The molecule has 0 saturated carbocycles. The molecule has 4 rings (SSSR count). The largest absolute Gasteiger partial charge is 0.741 e. The smallest absolute Gasteiger partial charge is 0.485 e. The van der Waals surface area contributed by atoms with Gasteiger partial charge in [0.2, 0.25) is 5.91 Å². The standard InChI is InChI=1S/C25H31N3O6S.CHF3O3S/c1-4-12-34-25(33)27-14-18(13-17(27)8-11-26-9-6-5-7-10-26)35-22-15(2)20-19(16(3)29)23(30)28(20)21(22)24(31)32;2-1(3,4)8(5,6)7/h4-7,9-10,15-20,29H,1,8,11-14H2,2-3H3;(H,5,6,7)/t15-,16-,17-,18+,19-,20-;/m1./s1. The van der Waals surface area contributed by atoms with E-state index in [0.717, 1.165) is 13.0 Å². The average Bonchev–Trinajstić information content (AvgIpc) is 3.42. The molecule has 1 aromatic heterocycles. The number of carboxylic acids is 1. The molecule has 6 atom stereocenters. The first-order valence-electron chi connectivity index (χ1n) is 13.1. The summed E-state index contributed by atoms with van der Waals surface area (Å²) in [6, 6.07) is 5.44. The third-order valence-corrected chi connectivity index (χ3v) is 9.38. The van der Waals surface area contributed by atoms with Gasteiger partial charge in [-0.3, -0.25) is 4.79 Å². The van der Waals surface area contributed by atoms with E-state index in [4.69, 9.17) is 17.7 Å². The number of halogens is 3. The second-order valence-corrected chi connectivity index (χ2v) is 12.9. The molecule has 2 amide bonds. The van der Waals surface area contributed by atoms with E-state index >= 15 is 0 Å². The fourth-order valence-corrected chi connectivity index (χ4v) is 6.97. The lowest BCUT2D eigenvalue weighted by atomic mass is 9.79. The number of aliphatic carboxylic acids is 1. The number of fused-ring (bicyclic) bond motifs is 1. The van der Waals surface area contributed by atoms with Gasteiger partial charge in [0.1, 0.15) is 18.8 Å². The summed E-state index contributed by atoms with van der Waals surface area (Å²) in [5.41, 5.74) is -5.63. The highest BCUT2D eigenvalue weighted by Crippen LogP contribution is 2.52. The number of amides is 2. The van der Waals surface area contributed by atoms with Gasteiger partial charge in [-0.25, -0.2) is 22.6 Å². The summed E-state index contributed by atoms with van der Waals surface area (Å²) in [6.07, 6.45) is 5.65. The maximum absolute atomic E-state index is 12.8. The molecule has 4 heterocycles. The molecule has 2 fully saturated rings. The summed E-state index contributed by atoms with van der Waals surface area (Å²) >= 11 is 1.44. The summed E-state index contributed by atoms with van der Waals surface area (Å²) in [7, 11) is -6.09.